The summed E-state index contributed by atoms with van der Waals surface area (Å²) < 4.78 is 2.72. The second-order valence-electron chi connectivity index (χ2n) is 6.09. The highest BCUT2D eigenvalue weighted by Crippen LogP contribution is 2.17. The molecule has 0 unspecified atom stereocenters. The zero-order chi connectivity index (χ0) is 11.6. The first-order valence-corrected chi connectivity index (χ1v) is 12.2. The van der Waals surface area contributed by atoms with E-state index in [0.29, 0.717) is 6.04 Å². The highest BCUT2D eigenvalue weighted by atomic mass is 28.3. The predicted octanol–water partition coefficient (Wildman–Crippen LogP) is 3.50. The average Bonchev–Trinajstić information content (AvgIpc) is 1.98. The van der Waals surface area contributed by atoms with E-state index in [1.807, 2.05) is 0 Å². The zero-order valence-electron chi connectivity index (χ0n) is 11.0. The lowest BCUT2D eigenvalue weighted by Crippen LogP contribution is -2.56. The minimum Gasteiger partial charge on any atom is -0.324 e. The van der Waals surface area contributed by atoms with Crippen LogP contribution in [-0.4, -0.2) is 33.1 Å². The molecule has 0 saturated heterocycles. The summed E-state index contributed by atoms with van der Waals surface area (Å²) in [5.74, 6) is 0. The lowest BCUT2D eigenvalue weighted by Gasteiger charge is -2.41. The molecule has 84 valence electrons. The molecule has 0 aromatic heterocycles. The van der Waals surface area contributed by atoms with E-state index in [0.717, 1.165) is 0 Å². The zero-order valence-corrected chi connectivity index (χ0v) is 13.0. The van der Waals surface area contributed by atoms with Crippen LogP contribution in [0.15, 0.2) is 12.3 Å². The molecule has 3 heteroatoms. The van der Waals surface area contributed by atoms with Gasteiger partial charge in [-0.2, -0.15) is 0 Å². The summed E-state index contributed by atoms with van der Waals surface area (Å²) in [4.78, 5) is 0. The fourth-order valence-corrected chi connectivity index (χ4v) is 7.74. The van der Waals surface area contributed by atoms with Crippen LogP contribution in [0, 0.1) is 0 Å². The van der Waals surface area contributed by atoms with E-state index in [1.165, 1.54) is 6.17 Å². The molecule has 1 nitrogen and oxygen atoms in total. The Balaban J connectivity index is 4.63. The molecular formula is C11H27NSi2. The fourth-order valence-electron chi connectivity index (χ4n) is 1.70. The van der Waals surface area contributed by atoms with Crippen LogP contribution in [-0.2, 0) is 0 Å². The first kappa shape index (κ1) is 14.1. The van der Waals surface area contributed by atoms with Gasteiger partial charge in [0.05, 0.1) is 8.07 Å². The Morgan fingerprint density at radius 3 is 1.79 bits per heavy atom. The van der Waals surface area contributed by atoms with Crippen LogP contribution < -0.4 is 0 Å². The second kappa shape index (κ2) is 4.77. The monoisotopic (exact) mass is 229 g/mol. The van der Waals surface area contributed by atoms with Gasteiger partial charge < -0.3 is 4.57 Å². The van der Waals surface area contributed by atoms with Gasteiger partial charge in [-0.3, -0.25) is 0 Å². The van der Waals surface area contributed by atoms with E-state index in [-0.39, 0.29) is 0 Å². The van der Waals surface area contributed by atoms with Crippen LogP contribution in [0.1, 0.15) is 13.8 Å². The van der Waals surface area contributed by atoms with Gasteiger partial charge in [0.25, 0.3) is 0 Å². The highest BCUT2D eigenvalue weighted by molar-refractivity contribution is 6.84. The lowest BCUT2D eigenvalue weighted by atomic mass is 10.4. The van der Waals surface area contributed by atoms with Crippen LogP contribution in [0.25, 0.3) is 0 Å². The summed E-state index contributed by atoms with van der Waals surface area (Å²) in [5.41, 5.74) is 2.21. The number of hydrogen-bond acceptors (Lipinski definition) is 1. The van der Waals surface area contributed by atoms with Crippen molar-refractivity contribution in [3.63, 3.8) is 0 Å². The summed E-state index contributed by atoms with van der Waals surface area (Å²) in [5, 5.41) is 0. The lowest BCUT2D eigenvalue weighted by molar-refractivity contribution is 0.398. The molecule has 0 radical (unpaired) electrons. The van der Waals surface area contributed by atoms with Gasteiger partial charge in [0.1, 0.15) is 8.24 Å². The Labute approximate surface area is 92.3 Å². The second-order valence-corrected chi connectivity index (χ2v) is 15.7. The molecule has 0 amide bonds. The van der Waals surface area contributed by atoms with Crippen molar-refractivity contribution in [2.75, 3.05) is 6.17 Å². The molecule has 14 heavy (non-hydrogen) atoms. The normalized spacial score (nSPS) is 13.8. The van der Waals surface area contributed by atoms with Gasteiger partial charge in [-0.1, -0.05) is 46.6 Å². The molecule has 0 heterocycles. The molecule has 0 aromatic rings. The Morgan fingerprint density at radius 2 is 1.57 bits per heavy atom. The van der Waals surface area contributed by atoms with Crippen molar-refractivity contribution < 1.29 is 0 Å². The van der Waals surface area contributed by atoms with Crippen molar-refractivity contribution in [1.29, 1.82) is 0 Å². The van der Waals surface area contributed by atoms with Crippen molar-refractivity contribution >= 4 is 16.3 Å². The molecule has 0 aromatic carbocycles. The molecule has 0 aliphatic rings. The van der Waals surface area contributed by atoms with Gasteiger partial charge in [0.15, 0.2) is 0 Å². The molecule has 0 N–H and O–H groups in total. The molecule has 0 bridgehead atoms. The van der Waals surface area contributed by atoms with E-state index >= 15 is 0 Å². The number of rotatable bonds is 5. The number of nitrogens with zero attached hydrogens (tertiary/aromatic N) is 1. The highest BCUT2D eigenvalue weighted by Gasteiger charge is 2.31. The van der Waals surface area contributed by atoms with Gasteiger partial charge >= 0.3 is 0 Å². The summed E-state index contributed by atoms with van der Waals surface area (Å²) in [6.45, 7) is 20.7. The maximum absolute atomic E-state index is 3.98. The van der Waals surface area contributed by atoms with Gasteiger partial charge in [-0.15, -0.1) is 12.3 Å². The maximum atomic E-state index is 3.98. The third-order valence-corrected chi connectivity index (χ3v) is 7.59. The molecular weight excluding hydrogens is 202 g/mol. The van der Waals surface area contributed by atoms with Crippen molar-refractivity contribution in [1.82, 2.24) is 4.57 Å². The standard InChI is InChI=1S/C11H27NSi2/c1-9-14(7,8)10-12(11(2)3)13(4,5)6/h9,11H,1,10H2,2-8H3. The SMILES string of the molecule is C=C[Si](C)(C)CN(C(C)C)[Si](C)(C)C. The summed E-state index contributed by atoms with van der Waals surface area (Å²) in [6, 6.07) is 0.674. The van der Waals surface area contributed by atoms with Crippen LogP contribution in [0.2, 0.25) is 32.7 Å². The Bertz CT molecular complexity index is 192. The fraction of sp³-hybridized carbons (Fsp3) is 0.818. The third kappa shape index (κ3) is 4.57. The van der Waals surface area contributed by atoms with Gasteiger partial charge in [0, 0.05) is 0 Å². The molecule has 0 aliphatic heterocycles. The summed E-state index contributed by atoms with van der Waals surface area (Å²) >= 11 is 0. The molecule has 0 fully saturated rings. The third-order valence-electron chi connectivity index (χ3n) is 2.62. The quantitative estimate of drug-likeness (QED) is 0.652. The van der Waals surface area contributed by atoms with Crippen LogP contribution in [0.3, 0.4) is 0 Å². The molecule has 0 spiro atoms. The predicted molar refractivity (Wildman–Crippen MR) is 72.9 cm³/mol. The summed E-state index contributed by atoms with van der Waals surface area (Å²) in [6.07, 6.45) is 1.27. The molecule has 0 rings (SSSR count). The van der Waals surface area contributed by atoms with Crippen LogP contribution in [0.5, 0.6) is 0 Å². The molecule has 0 aliphatic carbocycles. The smallest absolute Gasteiger partial charge is 0.119 e. The van der Waals surface area contributed by atoms with Gasteiger partial charge in [0.2, 0.25) is 0 Å². The first-order valence-electron chi connectivity index (χ1n) is 5.50. The minimum atomic E-state index is -1.19. The Morgan fingerprint density at radius 1 is 1.14 bits per heavy atom. The van der Waals surface area contributed by atoms with Crippen molar-refractivity contribution in [3.05, 3.63) is 12.3 Å². The maximum Gasteiger partial charge on any atom is 0.119 e. The molecule has 0 atom stereocenters. The molecule has 0 saturated carbocycles. The largest absolute Gasteiger partial charge is 0.324 e. The van der Waals surface area contributed by atoms with E-state index in [4.69, 9.17) is 0 Å². The summed E-state index contributed by atoms with van der Waals surface area (Å²) in [7, 11) is -2.34. The van der Waals surface area contributed by atoms with Crippen LogP contribution >= 0.6 is 0 Å². The van der Waals surface area contributed by atoms with Crippen molar-refractivity contribution in [3.8, 4) is 0 Å². The Hall–Kier alpha value is 0.134. The topological polar surface area (TPSA) is 3.24 Å². The van der Waals surface area contributed by atoms with Crippen LogP contribution in [0.4, 0.5) is 0 Å². The van der Waals surface area contributed by atoms with E-state index < -0.39 is 16.3 Å². The minimum absolute atomic E-state index is 0.674. The van der Waals surface area contributed by atoms with E-state index in [2.05, 4.69) is 63.4 Å². The average molecular weight is 230 g/mol. The van der Waals surface area contributed by atoms with Crippen molar-refractivity contribution in [2.24, 2.45) is 0 Å². The van der Waals surface area contributed by atoms with Gasteiger partial charge in [-0.05, 0) is 12.2 Å². The van der Waals surface area contributed by atoms with Gasteiger partial charge in [-0.25, -0.2) is 0 Å². The first-order chi connectivity index (χ1) is 6.10. The van der Waals surface area contributed by atoms with E-state index in [9.17, 15) is 0 Å². The Kier molecular flexibility index (Phi) is 4.82. The number of hydrogen-bond donors (Lipinski definition) is 0. The van der Waals surface area contributed by atoms with E-state index in [1.54, 1.807) is 0 Å². The van der Waals surface area contributed by atoms with Crippen molar-refractivity contribution in [2.45, 2.75) is 52.6 Å².